The molecule has 1 spiro atoms. The number of nitro benzene ring substituents is 1. The largest absolute Gasteiger partial charge is 0.350 e. The highest BCUT2D eigenvalue weighted by molar-refractivity contribution is 5.97. The lowest BCUT2D eigenvalue weighted by atomic mass is 9.85. The fraction of sp³-hybridized carbons (Fsp3) is 0.258. The lowest BCUT2D eigenvalue weighted by molar-refractivity contribution is -0.384. The first kappa shape index (κ1) is 27.6. The zero-order valence-electron chi connectivity index (χ0n) is 22.5. The number of likely N-dealkylation sites (tertiary alicyclic amines) is 1. The quantitative estimate of drug-likeness (QED) is 0.259. The van der Waals surface area contributed by atoms with Crippen molar-refractivity contribution in [1.82, 2.24) is 15.1 Å². The molecule has 0 radical (unpaired) electrons. The number of rotatable bonds is 8. The van der Waals surface area contributed by atoms with Crippen LogP contribution in [0.2, 0.25) is 0 Å². The molecule has 3 amide bonds. The van der Waals surface area contributed by atoms with Crippen molar-refractivity contribution in [3.05, 3.63) is 112 Å². The van der Waals surface area contributed by atoms with Gasteiger partial charge in [0, 0.05) is 43.5 Å². The predicted molar refractivity (Wildman–Crippen MR) is 154 cm³/mol. The molecule has 3 aromatic carbocycles. The third kappa shape index (κ3) is 6.11. The van der Waals surface area contributed by atoms with Crippen LogP contribution >= 0.6 is 0 Å². The number of piperidine rings is 1. The summed E-state index contributed by atoms with van der Waals surface area (Å²) >= 11 is 0. The fourth-order valence-electron chi connectivity index (χ4n) is 5.43. The van der Waals surface area contributed by atoms with E-state index in [4.69, 9.17) is 0 Å². The van der Waals surface area contributed by atoms with E-state index < -0.39 is 10.5 Å². The number of carbonyl (C=O) groups is 3. The molecule has 0 unspecified atom stereocenters. The zero-order chi connectivity index (χ0) is 28.8. The molecule has 0 bridgehead atoms. The van der Waals surface area contributed by atoms with Crippen molar-refractivity contribution in [2.75, 3.05) is 31.2 Å². The maximum Gasteiger partial charge on any atom is 0.269 e. The summed E-state index contributed by atoms with van der Waals surface area (Å²) in [6.07, 6.45) is 3.94. The van der Waals surface area contributed by atoms with Crippen molar-refractivity contribution in [1.29, 1.82) is 0 Å². The summed E-state index contributed by atoms with van der Waals surface area (Å²) < 4.78 is 0. The number of carbonyl (C=O) groups excluding carboxylic acids is 3. The van der Waals surface area contributed by atoms with Crippen LogP contribution in [0.1, 0.15) is 24.0 Å². The van der Waals surface area contributed by atoms with Crippen molar-refractivity contribution >= 4 is 35.2 Å². The molecule has 2 saturated heterocycles. The molecular weight excluding hydrogens is 522 g/mol. The number of para-hydroxylation sites is 1. The summed E-state index contributed by atoms with van der Waals surface area (Å²) in [6.45, 7) is 1.39. The van der Waals surface area contributed by atoms with E-state index in [0.717, 1.165) is 11.3 Å². The summed E-state index contributed by atoms with van der Waals surface area (Å²) in [5.74, 6) is -0.520. The van der Waals surface area contributed by atoms with Crippen LogP contribution in [0, 0.1) is 10.1 Å². The van der Waals surface area contributed by atoms with Gasteiger partial charge in [-0.1, -0.05) is 48.5 Å². The van der Waals surface area contributed by atoms with E-state index in [2.05, 4.69) is 10.2 Å². The van der Waals surface area contributed by atoms with Gasteiger partial charge in [-0.25, -0.2) is 0 Å². The topological polar surface area (TPSA) is 116 Å². The summed E-state index contributed by atoms with van der Waals surface area (Å²) in [5.41, 5.74) is 1.70. The Morgan fingerprint density at radius 2 is 1.56 bits per heavy atom. The smallest absolute Gasteiger partial charge is 0.269 e. The van der Waals surface area contributed by atoms with Gasteiger partial charge in [-0.15, -0.1) is 0 Å². The van der Waals surface area contributed by atoms with E-state index in [1.807, 2.05) is 60.7 Å². The van der Waals surface area contributed by atoms with Gasteiger partial charge in [0.05, 0.1) is 11.6 Å². The number of nitrogens with zero attached hydrogens (tertiary/aromatic N) is 4. The Morgan fingerprint density at radius 3 is 2.20 bits per heavy atom. The lowest BCUT2D eigenvalue weighted by Crippen LogP contribution is -2.57. The second kappa shape index (κ2) is 12.0. The molecule has 10 heteroatoms. The van der Waals surface area contributed by atoms with E-state index in [-0.39, 0.29) is 36.6 Å². The van der Waals surface area contributed by atoms with Gasteiger partial charge >= 0.3 is 0 Å². The van der Waals surface area contributed by atoms with Gasteiger partial charge in [0.25, 0.3) is 11.6 Å². The van der Waals surface area contributed by atoms with Crippen LogP contribution in [0.25, 0.3) is 6.08 Å². The fourth-order valence-corrected chi connectivity index (χ4v) is 5.43. The van der Waals surface area contributed by atoms with Crippen LogP contribution in [0.3, 0.4) is 0 Å². The van der Waals surface area contributed by atoms with Gasteiger partial charge in [-0.05, 0) is 54.3 Å². The number of nitrogens with one attached hydrogen (secondary N) is 1. The van der Waals surface area contributed by atoms with Crippen molar-refractivity contribution in [3.8, 4) is 0 Å². The number of hydrogen-bond acceptors (Lipinski definition) is 6. The Labute approximate surface area is 238 Å². The van der Waals surface area contributed by atoms with Gasteiger partial charge in [0.15, 0.2) is 0 Å². The Kier molecular flexibility index (Phi) is 8.09. The first-order valence-electron chi connectivity index (χ1n) is 13.5. The van der Waals surface area contributed by atoms with Crippen molar-refractivity contribution in [2.24, 2.45) is 0 Å². The molecule has 0 aromatic heterocycles. The summed E-state index contributed by atoms with van der Waals surface area (Å²) in [6, 6.07) is 25.3. The SMILES string of the molecule is O=C(CN1CN(c2ccccc2)C2(CCN(C(=O)/C=C/c3ccc([N+](=O)[O-])cc3)CC2)C1=O)NCc1ccccc1. The minimum Gasteiger partial charge on any atom is -0.350 e. The molecule has 3 aromatic rings. The van der Waals surface area contributed by atoms with E-state index in [0.29, 0.717) is 38.0 Å². The van der Waals surface area contributed by atoms with Gasteiger partial charge in [-0.2, -0.15) is 0 Å². The number of amides is 3. The maximum atomic E-state index is 13.9. The van der Waals surface area contributed by atoms with Gasteiger partial charge in [0.1, 0.15) is 12.1 Å². The molecule has 1 N–H and O–H groups in total. The first-order valence-corrected chi connectivity index (χ1v) is 13.5. The minimum atomic E-state index is -0.847. The second-order valence-corrected chi connectivity index (χ2v) is 10.2. The van der Waals surface area contributed by atoms with Crippen LogP contribution in [0.15, 0.2) is 91.0 Å². The number of nitro groups is 1. The van der Waals surface area contributed by atoms with Gasteiger partial charge in [0.2, 0.25) is 11.8 Å². The van der Waals surface area contributed by atoms with Crippen molar-refractivity contribution in [2.45, 2.75) is 24.9 Å². The average molecular weight is 554 g/mol. The number of benzene rings is 3. The average Bonchev–Trinajstić information content (AvgIpc) is 3.26. The van der Waals surface area contributed by atoms with Crippen LogP contribution < -0.4 is 10.2 Å². The van der Waals surface area contributed by atoms with Crippen LogP contribution in [-0.2, 0) is 20.9 Å². The normalized spacial score (nSPS) is 16.4. The van der Waals surface area contributed by atoms with Crippen LogP contribution in [0.5, 0.6) is 0 Å². The third-order valence-electron chi connectivity index (χ3n) is 7.67. The van der Waals surface area contributed by atoms with Crippen molar-refractivity contribution < 1.29 is 19.3 Å². The second-order valence-electron chi connectivity index (χ2n) is 10.2. The highest BCUT2D eigenvalue weighted by Crippen LogP contribution is 2.39. The summed E-state index contributed by atoms with van der Waals surface area (Å²) in [5, 5.41) is 13.8. The highest BCUT2D eigenvalue weighted by Gasteiger charge is 2.54. The van der Waals surface area contributed by atoms with E-state index in [1.54, 1.807) is 28.0 Å². The highest BCUT2D eigenvalue weighted by atomic mass is 16.6. The Bertz CT molecular complexity index is 1430. The molecule has 0 aliphatic carbocycles. The van der Waals surface area contributed by atoms with E-state index in [9.17, 15) is 24.5 Å². The number of anilines is 1. The lowest BCUT2D eigenvalue weighted by Gasteiger charge is -2.43. The van der Waals surface area contributed by atoms with Crippen LogP contribution in [0.4, 0.5) is 11.4 Å². The molecule has 5 rings (SSSR count). The van der Waals surface area contributed by atoms with Gasteiger partial charge < -0.3 is 20.0 Å². The zero-order valence-corrected chi connectivity index (χ0v) is 22.5. The Hall–Kier alpha value is -4.99. The van der Waals surface area contributed by atoms with Crippen LogP contribution in [-0.4, -0.2) is 64.3 Å². The minimum absolute atomic E-state index is 0.0123. The molecule has 2 heterocycles. The molecule has 2 aliphatic rings. The molecule has 10 nitrogen and oxygen atoms in total. The molecule has 0 atom stereocenters. The molecular formula is C31H31N5O5. The van der Waals surface area contributed by atoms with Crippen molar-refractivity contribution in [3.63, 3.8) is 0 Å². The molecule has 0 saturated carbocycles. The summed E-state index contributed by atoms with van der Waals surface area (Å²) in [7, 11) is 0. The standard InChI is InChI=1S/C31H31N5O5/c37-28(32-21-25-7-3-1-4-8-25)22-34-23-35(26-9-5-2-6-10-26)31(30(34)39)17-19-33(20-18-31)29(38)16-13-24-11-14-27(15-12-24)36(40)41/h1-16H,17-23H2,(H,32,37)/b16-13+. The number of hydrogen-bond donors (Lipinski definition) is 1. The van der Waals surface area contributed by atoms with E-state index in [1.165, 1.54) is 18.2 Å². The predicted octanol–water partition coefficient (Wildman–Crippen LogP) is 3.59. The first-order chi connectivity index (χ1) is 19.9. The van der Waals surface area contributed by atoms with E-state index >= 15 is 0 Å². The molecule has 2 aliphatic heterocycles. The summed E-state index contributed by atoms with van der Waals surface area (Å²) in [4.78, 5) is 55.4. The Morgan fingerprint density at radius 1 is 0.927 bits per heavy atom. The Balaban J connectivity index is 1.25. The molecule has 210 valence electrons. The monoisotopic (exact) mass is 553 g/mol. The third-order valence-corrected chi connectivity index (χ3v) is 7.67. The molecule has 41 heavy (non-hydrogen) atoms. The molecule has 2 fully saturated rings. The maximum absolute atomic E-state index is 13.9. The van der Waals surface area contributed by atoms with Gasteiger partial charge in [-0.3, -0.25) is 24.5 Å². The number of non-ortho nitro benzene ring substituents is 1.